The maximum atomic E-state index is 13.8. The summed E-state index contributed by atoms with van der Waals surface area (Å²) >= 11 is 6.40. The van der Waals surface area contributed by atoms with E-state index >= 15 is 0 Å². The molecule has 0 heterocycles. The second-order valence-electron chi connectivity index (χ2n) is 8.85. The number of nitrogens with zero attached hydrogens (tertiary/aromatic N) is 2. The summed E-state index contributed by atoms with van der Waals surface area (Å²) in [7, 11) is -4.16. The second-order valence-corrected chi connectivity index (χ2v) is 11.1. The molecule has 0 bridgehead atoms. The number of hydrogen-bond acceptors (Lipinski definition) is 4. The van der Waals surface area contributed by atoms with Gasteiger partial charge in [0.25, 0.3) is 10.0 Å². The first kappa shape index (κ1) is 28.2. The number of carbonyl (C=O) groups excluding carboxylic acids is 2. The summed E-state index contributed by atoms with van der Waals surface area (Å²) in [5.41, 5.74) is 2.96. The predicted octanol–water partition coefficient (Wildman–Crippen LogP) is 4.71. The first-order valence-corrected chi connectivity index (χ1v) is 13.8. The van der Waals surface area contributed by atoms with Gasteiger partial charge < -0.3 is 10.2 Å². The number of anilines is 1. The third kappa shape index (κ3) is 6.90. The zero-order valence-electron chi connectivity index (χ0n) is 21.4. The fourth-order valence-electron chi connectivity index (χ4n) is 3.80. The van der Waals surface area contributed by atoms with Gasteiger partial charge in [-0.2, -0.15) is 0 Å². The quantitative estimate of drug-likeness (QED) is 0.403. The van der Waals surface area contributed by atoms with E-state index in [0.29, 0.717) is 6.54 Å². The average molecular weight is 542 g/mol. The van der Waals surface area contributed by atoms with Crippen molar-refractivity contribution in [2.24, 2.45) is 0 Å². The van der Waals surface area contributed by atoms with Gasteiger partial charge in [0.15, 0.2) is 0 Å². The Morgan fingerprint density at radius 2 is 1.49 bits per heavy atom. The number of amides is 2. The van der Waals surface area contributed by atoms with Crippen LogP contribution >= 0.6 is 11.6 Å². The van der Waals surface area contributed by atoms with Gasteiger partial charge in [0.2, 0.25) is 11.8 Å². The molecule has 3 aromatic carbocycles. The number of halogens is 1. The Bertz CT molecular complexity index is 1340. The second kappa shape index (κ2) is 12.3. The number of para-hydroxylation sites is 1. The van der Waals surface area contributed by atoms with E-state index in [2.05, 4.69) is 5.32 Å². The molecule has 196 valence electrons. The summed E-state index contributed by atoms with van der Waals surface area (Å²) in [6.45, 7) is 7.26. The Hall–Kier alpha value is -3.36. The van der Waals surface area contributed by atoms with E-state index in [1.807, 2.05) is 38.1 Å². The molecule has 0 aliphatic rings. The van der Waals surface area contributed by atoms with Gasteiger partial charge in [0, 0.05) is 13.1 Å². The van der Waals surface area contributed by atoms with E-state index in [9.17, 15) is 18.0 Å². The van der Waals surface area contributed by atoms with Gasteiger partial charge in [-0.05, 0) is 57.5 Å². The van der Waals surface area contributed by atoms with Crippen LogP contribution in [0, 0.1) is 13.8 Å². The molecule has 0 aromatic heterocycles. The van der Waals surface area contributed by atoms with Crippen LogP contribution < -0.4 is 9.62 Å². The Balaban J connectivity index is 2.03. The molecule has 3 rings (SSSR count). The molecule has 0 radical (unpaired) electrons. The van der Waals surface area contributed by atoms with Crippen molar-refractivity contribution in [3.05, 3.63) is 94.5 Å². The number of aryl methyl sites for hydroxylation is 2. The smallest absolute Gasteiger partial charge is 0.264 e. The average Bonchev–Trinajstić information content (AvgIpc) is 2.87. The van der Waals surface area contributed by atoms with Crippen LogP contribution in [0.25, 0.3) is 0 Å². The monoisotopic (exact) mass is 541 g/mol. The number of nitrogens with one attached hydrogen (secondary N) is 1. The third-order valence-electron chi connectivity index (χ3n) is 6.00. The first-order chi connectivity index (χ1) is 17.5. The summed E-state index contributed by atoms with van der Waals surface area (Å²) in [5, 5.41) is 2.93. The minimum Gasteiger partial charge on any atom is -0.355 e. The molecular formula is C28H32ClN3O4S. The molecule has 7 nitrogen and oxygen atoms in total. The Labute approximate surface area is 224 Å². The predicted molar refractivity (Wildman–Crippen MR) is 147 cm³/mol. The minimum atomic E-state index is -4.16. The van der Waals surface area contributed by atoms with Crippen LogP contribution in [0.1, 0.15) is 30.5 Å². The minimum absolute atomic E-state index is 0.0349. The Morgan fingerprint density at radius 1 is 0.919 bits per heavy atom. The van der Waals surface area contributed by atoms with Crippen molar-refractivity contribution < 1.29 is 18.0 Å². The summed E-state index contributed by atoms with van der Waals surface area (Å²) in [6, 6.07) is 19.6. The molecule has 0 fully saturated rings. The molecule has 9 heteroatoms. The largest absolute Gasteiger partial charge is 0.355 e. The van der Waals surface area contributed by atoms with Gasteiger partial charge in [-0.3, -0.25) is 13.9 Å². The van der Waals surface area contributed by atoms with Crippen LogP contribution in [-0.2, 0) is 26.2 Å². The molecule has 0 saturated heterocycles. The fraction of sp³-hybridized carbons (Fsp3) is 0.286. The highest BCUT2D eigenvalue weighted by molar-refractivity contribution is 7.92. The Kier molecular flexibility index (Phi) is 9.34. The van der Waals surface area contributed by atoms with Crippen LogP contribution in [0.4, 0.5) is 5.69 Å². The van der Waals surface area contributed by atoms with Gasteiger partial charge in [0.1, 0.15) is 12.6 Å². The summed E-state index contributed by atoms with van der Waals surface area (Å²) in [6.07, 6.45) is 0. The van der Waals surface area contributed by atoms with Gasteiger partial charge in [-0.1, -0.05) is 71.3 Å². The van der Waals surface area contributed by atoms with Crippen molar-refractivity contribution in [2.75, 3.05) is 17.4 Å². The van der Waals surface area contributed by atoms with Crippen molar-refractivity contribution in [3.8, 4) is 0 Å². The number of benzene rings is 3. The zero-order valence-corrected chi connectivity index (χ0v) is 23.0. The number of hydrogen-bond donors (Lipinski definition) is 1. The van der Waals surface area contributed by atoms with Crippen LogP contribution in [0.15, 0.2) is 77.7 Å². The third-order valence-corrected chi connectivity index (χ3v) is 8.09. The molecule has 0 unspecified atom stereocenters. The summed E-state index contributed by atoms with van der Waals surface area (Å²) in [5.74, 6) is -0.858. The van der Waals surface area contributed by atoms with E-state index in [0.717, 1.165) is 21.0 Å². The van der Waals surface area contributed by atoms with Crippen molar-refractivity contribution in [2.45, 2.75) is 45.2 Å². The van der Waals surface area contributed by atoms with Crippen LogP contribution in [0.2, 0.25) is 5.02 Å². The van der Waals surface area contributed by atoms with Crippen LogP contribution in [-0.4, -0.2) is 44.3 Å². The number of carbonyl (C=O) groups is 2. The first-order valence-electron chi connectivity index (χ1n) is 12.0. The molecule has 3 aromatic rings. The summed E-state index contributed by atoms with van der Waals surface area (Å²) in [4.78, 5) is 28.0. The normalized spacial score (nSPS) is 12.0. The van der Waals surface area contributed by atoms with E-state index in [1.165, 1.54) is 17.0 Å². The maximum Gasteiger partial charge on any atom is 0.264 e. The van der Waals surface area contributed by atoms with Crippen molar-refractivity contribution in [1.29, 1.82) is 0 Å². The van der Waals surface area contributed by atoms with E-state index in [-0.39, 0.29) is 28.1 Å². The van der Waals surface area contributed by atoms with Crippen LogP contribution in [0.5, 0.6) is 0 Å². The van der Waals surface area contributed by atoms with Gasteiger partial charge >= 0.3 is 0 Å². The highest BCUT2D eigenvalue weighted by atomic mass is 35.5. The molecule has 2 amide bonds. The van der Waals surface area contributed by atoms with Gasteiger partial charge in [0.05, 0.1) is 15.6 Å². The topological polar surface area (TPSA) is 86.8 Å². The molecule has 0 aliphatic heterocycles. The highest BCUT2D eigenvalue weighted by Crippen LogP contribution is 2.30. The summed E-state index contributed by atoms with van der Waals surface area (Å²) < 4.78 is 28.6. The zero-order chi connectivity index (χ0) is 27.2. The molecule has 1 N–H and O–H groups in total. The molecule has 0 saturated carbocycles. The number of rotatable bonds is 10. The molecule has 1 atom stereocenters. The van der Waals surface area contributed by atoms with Crippen LogP contribution in [0.3, 0.4) is 0 Å². The van der Waals surface area contributed by atoms with E-state index in [4.69, 9.17) is 11.6 Å². The van der Waals surface area contributed by atoms with Gasteiger partial charge in [-0.25, -0.2) is 8.42 Å². The number of likely N-dealkylation sites (N-methyl/N-ethyl adjacent to an activating group) is 1. The lowest BCUT2D eigenvalue weighted by Crippen LogP contribution is -2.51. The maximum absolute atomic E-state index is 13.8. The lowest BCUT2D eigenvalue weighted by atomic mass is 10.1. The molecule has 0 aliphatic carbocycles. The van der Waals surface area contributed by atoms with E-state index < -0.39 is 28.5 Å². The van der Waals surface area contributed by atoms with Gasteiger partial charge in [-0.15, -0.1) is 0 Å². The van der Waals surface area contributed by atoms with Crippen molar-refractivity contribution in [1.82, 2.24) is 10.2 Å². The molecule has 37 heavy (non-hydrogen) atoms. The number of sulfonamides is 1. The highest BCUT2D eigenvalue weighted by Gasteiger charge is 2.33. The lowest BCUT2D eigenvalue weighted by Gasteiger charge is -2.32. The molecule has 0 spiro atoms. The van der Waals surface area contributed by atoms with E-state index in [1.54, 1.807) is 50.2 Å². The SMILES string of the molecule is CCNC(=O)[C@H](C)N(Cc1ccc(C)cc1)C(=O)CN(c1ccccc1Cl)S(=O)(=O)c1ccc(C)cc1. The van der Waals surface area contributed by atoms with Crippen molar-refractivity contribution >= 4 is 39.1 Å². The fourth-order valence-corrected chi connectivity index (χ4v) is 5.52. The Morgan fingerprint density at radius 3 is 2.05 bits per heavy atom. The van der Waals surface area contributed by atoms with Crippen molar-refractivity contribution in [3.63, 3.8) is 0 Å². The standard InChI is InChI=1S/C28H32ClN3O4S/c1-5-30-28(34)22(4)31(18-23-14-10-20(2)11-15-23)27(33)19-32(26-9-7-6-8-25(26)29)37(35,36)24-16-12-21(3)13-17-24/h6-17,22H,5,18-19H2,1-4H3,(H,30,34)/t22-/m0/s1. The lowest BCUT2D eigenvalue weighted by molar-refractivity contribution is -0.139. The molecular weight excluding hydrogens is 510 g/mol.